The van der Waals surface area contributed by atoms with Crippen molar-refractivity contribution in [1.29, 1.82) is 0 Å². The number of hydrogen-bond donors (Lipinski definition) is 1. The summed E-state index contributed by atoms with van der Waals surface area (Å²) in [6.45, 7) is 2.22. The van der Waals surface area contributed by atoms with Gasteiger partial charge in [-0.3, -0.25) is 9.97 Å². The molecule has 2 atom stereocenters. The summed E-state index contributed by atoms with van der Waals surface area (Å²) in [6, 6.07) is 4.45. The van der Waals surface area contributed by atoms with Gasteiger partial charge in [-0.25, -0.2) is 0 Å². The number of pyridine rings is 1. The molecule has 0 bridgehead atoms. The number of nitrogens with zero attached hydrogens (tertiary/aromatic N) is 2. The molecule has 0 aliphatic carbocycles. The van der Waals surface area contributed by atoms with Gasteiger partial charge in [0.1, 0.15) is 0 Å². The van der Waals surface area contributed by atoms with Gasteiger partial charge in [0.2, 0.25) is 0 Å². The first-order valence-electron chi connectivity index (χ1n) is 5.28. The molecule has 2 rings (SSSR count). The minimum Gasteiger partial charge on any atom is -0.312 e. The van der Waals surface area contributed by atoms with Crippen LogP contribution >= 0.6 is 11.3 Å². The number of likely N-dealkylation sites (N-methyl/N-ethyl adjacent to an activating group) is 1. The van der Waals surface area contributed by atoms with Crippen LogP contribution in [-0.2, 0) is 0 Å². The van der Waals surface area contributed by atoms with Crippen molar-refractivity contribution in [3.8, 4) is 0 Å². The van der Waals surface area contributed by atoms with Gasteiger partial charge in [-0.1, -0.05) is 6.92 Å². The topological polar surface area (TPSA) is 37.8 Å². The van der Waals surface area contributed by atoms with Crippen LogP contribution in [0.2, 0.25) is 0 Å². The third-order valence-electron chi connectivity index (χ3n) is 2.80. The van der Waals surface area contributed by atoms with E-state index in [1.165, 1.54) is 10.4 Å². The Morgan fingerprint density at radius 1 is 1.25 bits per heavy atom. The van der Waals surface area contributed by atoms with E-state index in [0.717, 1.165) is 0 Å². The van der Waals surface area contributed by atoms with Crippen molar-refractivity contribution >= 4 is 11.3 Å². The minimum atomic E-state index is 0.315. The van der Waals surface area contributed by atoms with E-state index in [2.05, 4.69) is 34.3 Å². The standard InChI is InChI=1S/C12H15N3S/c1-9(10-3-5-14-6-4-10)12(13-2)11-7-15-8-16-11/h3-9,12-13H,1-2H3. The molecule has 2 heterocycles. The molecule has 16 heavy (non-hydrogen) atoms. The Morgan fingerprint density at radius 3 is 2.56 bits per heavy atom. The summed E-state index contributed by atoms with van der Waals surface area (Å²) in [6.07, 6.45) is 5.61. The lowest BCUT2D eigenvalue weighted by Crippen LogP contribution is -2.21. The number of nitrogens with one attached hydrogen (secondary N) is 1. The molecular formula is C12H15N3S. The predicted octanol–water partition coefficient (Wildman–Crippen LogP) is 2.60. The van der Waals surface area contributed by atoms with Crippen molar-refractivity contribution in [3.63, 3.8) is 0 Å². The summed E-state index contributed by atoms with van der Waals surface area (Å²) in [4.78, 5) is 9.45. The molecule has 0 saturated carbocycles. The van der Waals surface area contributed by atoms with E-state index in [9.17, 15) is 0 Å². The second-order valence-corrected chi connectivity index (χ2v) is 4.66. The normalized spacial score (nSPS) is 14.6. The molecule has 2 aromatic rings. The predicted molar refractivity (Wildman–Crippen MR) is 66.6 cm³/mol. The molecule has 0 aromatic carbocycles. The smallest absolute Gasteiger partial charge is 0.0794 e. The molecule has 0 aliphatic heterocycles. The van der Waals surface area contributed by atoms with Crippen LogP contribution in [-0.4, -0.2) is 17.0 Å². The Morgan fingerprint density at radius 2 is 2.00 bits per heavy atom. The molecule has 0 fully saturated rings. The maximum Gasteiger partial charge on any atom is 0.0794 e. The molecule has 0 radical (unpaired) electrons. The van der Waals surface area contributed by atoms with Crippen LogP contribution in [0.15, 0.2) is 36.2 Å². The molecule has 0 spiro atoms. The molecule has 0 saturated heterocycles. The lowest BCUT2D eigenvalue weighted by molar-refractivity contribution is 0.514. The van der Waals surface area contributed by atoms with Crippen LogP contribution in [0.1, 0.15) is 29.3 Å². The Hall–Kier alpha value is -1.26. The summed E-state index contributed by atoms with van der Waals surface area (Å²) in [7, 11) is 1.99. The van der Waals surface area contributed by atoms with Crippen molar-refractivity contribution < 1.29 is 0 Å². The summed E-state index contributed by atoms with van der Waals surface area (Å²) in [5, 5.41) is 3.35. The minimum absolute atomic E-state index is 0.315. The fraction of sp³-hybridized carbons (Fsp3) is 0.333. The maximum absolute atomic E-state index is 4.13. The Balaban J connectivity index is 2.23. The highest BCUT2D eigenvalue weighted by molar-refractivity contribution is 7.09. The molecular weight excluding hydrogens is 218 g/mol. The van der Waals surface area contributed by atoms with Gasteiger partial charge in [-0.15, -0.1) is 11.3 Å². The van der Waals surface area contributed by atoms with E-state index >= 15 is 0 Å². The lowest BCUT2D eigenvalue weighted by atomic mass is 9.93. The summed E-state index contributed by atoms with van der Waals surface area (Å²) >= 11 is 1.69. The molecule has 2 aromatic heterocycles. The van der Waals surface area contributed by atoms with Crippen molar-refractivity contribution in [2.45, 2.75) is 18.9 Å². The van der Waals surface area contributed by atoms with Gasteiger partial charge in [-0.2, -0.15) is 0 Å². The summed E-state index contributed by atoms with van der Waals surface area (Å²) in [5.41, 5.74) is 3.17. The van der Waals surface area contributed by atoms with Crippen molar-refractivity contribution in [3.05, 3.63) is 46.7 Å². The monoisotopic (exact) mass is 233 g/mol. The molecule has 3 nitrogen and oxygen atoms in total. The van der Waals surface area contributed by atoms with E-state index < -0.39 is 0 Å². The first-order chi connectivity index (χ1) is 7.83. The van der Waals surface area contributed by atoms with Gasteiger partial charge in [0, 0.05) is 35.4 Å². The van der Waals surface area contributed by atoms with Gasteiger partial charge >= 0.3 is 0 Å². The van der Waals surface area contributed by atoms with Gasteiger partial charge in [0.15, 0.2) is 0 Å². The lowest BCUT2D eigenvalue weighted by Gasteiger charge is -2.22. The zero-order valence-electron chi connectivity index (χ0n) is 9.42. The molecule has 1 N–H and O–H groups in total. The second-order valence-electron chi connectivity index (χ2n) is 3.74. The van der Waals surface area contributed by atoms with E-state index in [1.54, 1.807) is 11.3 Å². The Bertz CT molecular complexity index is 413. The van der Waals surface area contributed by atoms with Gasteiger partial charge < -0.3 is 5.32 Å². The SMILES string of the molecule is CNC(c1cncs1)C(C)c1ccncc1. The zero-order valence-corrected chi connectivity index (χ0v) is 10.2. The van der Waals surface area contributed by atoms with Gasteiger partial charge in [0.05, 0.1) is 5.51 Å². The van der Waals surface area contributed by atoms with Gasteiger partial charge in [-0.05, 0) is 24.7 Å². The van der Waals surface area contributed by atoms with Crippen molar-refractivity contribution in [1.82, 2.24) is 15.3 Å². The first kappa shape index (κ1) is 11.2. The van der Waals surface area contributed by atoms with Crippen molar-refractivity contribution in [2.24, 2.45) is 0 Å². The molecule has 0 aliphatic rings. The van der Waals surface area contributed by atoms with Crippen LogP contribution < -0.4 is 5.32 Å². The van der Waals surface area contributed by atoms with Crippen LogP contribution in [0.4, 0.5) is 0 Å². The number of rotatable bonds is 4. The average Bonchev–Trinajstić information content (AvgIpc) is 2.85. The van der Waals surface area contributed by atoms with E-state index in [-0.39, 0.29) is 0 Å². The van der Waals surface area contributed by atoms with E-state index in [1.807, 2.05) is 31.1 Å². The summed E-state index contributed by atoms with van der Waals surface area (Å²) < 4.78 is 0. The van der Waals surface area contributed by atoms with Crippen molar-refractivity contribution in [2.75, 3.05) is 7.05 Å². The molecule has 0 amide bonds. The largest absolute Gasteiger partial charge is 0.312 e. The Kier molecular flexibility index (Phi) is 3.64. The third kappa shape index (κ3) is 2.28. The fourth-order valence-electron chi connectivity index (χ4n) is 1.88. The molecule has 4 heteroatoms. The first-order valence-corrected chi connectivity index (χ1v) is 6.16. The molecule has 84 valence electrons. The Labute approximate surface area is 99.6 Å². The highest BCUT2D eigenvalue weighted by Gasteiger charge is 2.20. The third-order valence-corrected chi connectivity index (χ3v) is 3.66. The highest BCUT2D eigenvalue weighted by atomic mass is 32.1. The second kappa shape index (κ2) is 5.18. The number of thiazole rings is 1. The molecule has 2 unspecified atom stereocenters. The average molecular weight is 233 g/mol. The number of hydrogen-bond acceptors (Lipinski definition) is 4. The highest BCUT2D eigenvalue weighted by Crippen LogP contribution is 2.31. The van der Waals surface area contributed by atoms with E-state index in [4.69, 9.17) is 0 Å². The van der Waals surface area contributed by atoms with Gasteiger partial charge in [0.25, 0.3) is 0 Å². The summed E-state index contributed by atoms with van der Waals surface area (Å²) in [5.74, 6) is 0.411. The van der Waals surface area contributed by atoms with Crippen LogP contribution in [0.3, 0.4) is 0 Å². The zero-order chi connectivity index (χ0) is 11.4. The maximum atomic E-state index is 4.13. The number of aromatic nitrogens is 2. The fourth-order valence-corrected chi connectivity index (χ4v) is 2.71. The van der Waals surface area contributed by atoms with Crippen LogP contribution in [0.25, 0.3) is 0 Å². The van der Waals surface area contributed by atoms with E-state index in [0.29, 0.717) is 12.0 Å². The van der Waals surface area contributed by atoms with Crippen LogP contribution in [0, 0.1) is 0 Å². The van der Waals surface area contributed by atoms with Crippen LogP contribution in [0.5, 0.6) is 0 Å². The quantitative estimate of drug-likeness (QED) is 0.882.